The molecule has 4 heteroatoms. The fraction of sp³-hybridized carbons (Fsp3) is 0.333. The van der Waals surface area contributed by atoms with Crippen LogP contribution < -0.4 is 10.1 Å². The second-order valence-electron chi connectivity index (χ2n) is 4.78. The van der Waals surface area contributed by atoms with E-state index >= 15 is 0 Å². The first-order valence-electron chi connectivity index (χ1n) is 6.48. The highest BCUT2D eigenvalue weighted by Gasteiger charge is 2.22. The zero-order valence-corrected chi connectivity index (χ0v) is 11.4. The molecular formula is C15H16FNOS. The van der Waals surface area contributed by atoms with Crippen molar-refractivity contribution in [2.75, 3.05) is 13.1 Å². The van der Waals surface area contributed by atoms with Gasteiger partial charge < -0.3 is 10.1 Å². The molecule has 1 aromatic carbocycles. The summed E-state index contributed by atoms with van der Waals surface area (Å²) >= 11 is 1.73. The van der Waals surface area contributed by atoms with E-state index in [9.17, 15) is 4.39 Å². The van der Waals surface area contributed by atoms with E-state index in [1.807, 2.05) is 0 Å². The number of rotatable bonds is 5. The van der Waals surface area contributed by atoms with Crippen LogP contribution in [0.15, 0.2) is 35.0 Å². The summed E-state index contributed by atoms with van der Waals surface area (Å²) in [5, 5.41) is 7.67. The molecule has 0 saturated carbocycles. The lowest BCUT2D eigenvalue weighted by atomic mass is 10.1. The molecule has 2 aromatic rings. The Morgan fingerprint density at radius 1 is 1.37 bits per heavy atom. The summed E-state index contributed by atoms with van der Waals surface area (Å²) in [4.78, 5) is 0. The van der Waals surface area contributed by atoms with Crippen LogP contribution in [0, 0.1) is 5.82 Å². The molecule has 0 bridgehead atoms. The monoisotopic (exact) mass is 277 g/mol. The van der Waals surface area contributed by atoms with Crippen molar-refractivity contribution < 1.29 is 9.13 Å². The lowest BCUT2D eigenvalue weighted by Crippen LogP contribution is -2.31. The van der Waals surface area contributed by atoms with E-state index < -0.39 is 0 Å². The first-order chi connectivity index (χ1) is 9.31. The highest BCUT2D eigenvalue weighted by atomic mass is 32.1. The van der Waals surface area contributed by atoms with E-state index in [1.165, 1.54) is 11.6 Å². The molecule has 1 aliphatic heterocycles. The number of ether oxygens (including phenoxy) is 1. The summed E-state index contributed by atoms with van der Waals surface area (Å²) in [6, 6.07) is 6.89. The van der Waals surface area contributed by atoms with Crippen LogP contribution in [0.5, 0.6) is 5.75 Å². The van der Waals surface area contributed by atoms with Crippen molar-refractivity contribution in [2.24, 2.45) is 0 Å². The SMILES string of the molecule is Fc1ccc2c(c1)CC(CNCCc1ccsc1)O2. The molecule has 1 unspecified atom stereocenters. The van der Waals surface area contributed by atoms with Gasteiger partial charge in [-0.15, -0.1) is 0 Å². The number of benzene rings is 1. The minimum atomic E-state index is -0.187. The molecule has 1 atom stereocenters. The van der Waals surface area contributed by atoms with Gasteiger partial charge in [-0.2, -0.15) is 11.3 Å². The standard InChI is InChI=1S/C15H16FNOS/c16-13-1-2-15-12(7-13)8-14(18-15)9-17-5-3-11-4-6-19-10-11/h1-2,4,6-7,10,14,17H,3,5,8-9H2. The average molecular weight is 277 g/mol. The van der Waals surface area contributed by atoms with Gasteiger partial charge in [0.1, 0.15) is 17.7 Å². The van der Waals surface area contributed by atoms with E-state index in [2.05, 4.69) is 22.1 Å². The Labute approximate surface area is 116 Å². The molecule has 0 saturated heterocycles. The quantitative estimate of drug-likeness (QED) is 0.848. The van der Waals surface area contributed by atoms with Gasteiger partial charge in [-0.3, -0.25) is 0 Å². The Morgan fingerprint density at radius 2 is 2.32 bits per heavy atom. The van der Waals surface area contributed by atoms with E-state index in [0.717, 1.165) is 37.2 Å². The maximum atomic E-state index is 13.1. The topological polar surface area (TPSA) is 21.3 Å². The third-order valence-electron chi connectivity index (χ3n) is 3.31. The van der Waals surface area contributed by atoms with Crippen molar-refractivity contribution in [3.63, 3.8) is 0 Å². The lowest BCUT2D eigenvalue weighted by Gasteiger charge is -2.11. The molecular weight excluding hydrogens is 261 g/mol. The average Bonchev–Trinajstić information content (AvgIpc) is 3.02. The summed E-state index contributed by atoms with van der Waals surface area (Å²) in [5.41, 5.74) is 2.35. The predicted molar refractivity (Wildman–Crippen MR) is 75.4 cm³/mol. The Balaban J connectivity index is 1.43. The van der Waals surface area contributed by atoms with Crippen molar-refractivity contribution in [3.05, 3.63) is 52.0 Å². The molecule has 0 aliphatic carbocycles. The van der Waals surface area contributed by atoms with Crippen molar-refractivity contribution in [1.82, 2.24) is 5.32 Å². The number of hydrogen-bond acceptors (Lipinski definition) is 3. The van der Waals surface area contributed by atoms with Crippen LogP contribution in [0.25, 0.3) is 0 Å². The fourth-order valence-corrected chi connectivity index (χ4v) is 3.04. The lowest BCUT2D eigenvalue weighted by molar-refractivity contribution is 0.228. The molecule has 0 amide bonds. The first-order valence-corrected chi connectivity index (χ1v) is 7.42. The third kappa shape index (κ3) is 3.14. The van der Waals surface area contributed by atoms with E-state index in [0.29, 0.717) is 0 Å². The van der Waals surface area contributed by atoms with Gasteiger partial charge in [0, 0.05) is 18.5 Å². The molecule has 100 valence electrons. The van der Waals surface area contributed by atoms with E-state index in [1.54, 1.807) is 23.5 Å². The number of nitrogens with one attached hydrogen (secondary N) is 1. The zero-order valence-electron chi connectivity index (χ0n) is 10.6. The van der Waals surface area contributed by atoms with E-state index in [-0.39, 0.29) is 11.9 Å². The second kappa shape index (κ2) is 5.72. The van der Waals surface area contributed by atoms with Crippen LogP contribution in [-0.4, -0.2) is 19.2 Å². The highest BCUT2D eigenvalue weighted by Crippen LogP contribution is 2.28. The van der Waals surface area contributed by atoms with Gasteiger partial charge in [-0.25, -0.2) is 4.39 Å². The third-order valence-corrected chi connectivity index (χ3v) is 4.04. The first kappa shape index (κ1) is 12.6. The molecule has 1 aromatic heterocycles. The van der Waals surface area contributed by atoms with Crippen molar-refractivity contribution in [3.8, 4) is 5.75 Å². The molecule has 19 heavy (non-hydrogen) atoms. The second-order valence-corrected chi connectivity index (χ2v) is 5.56. The minimum absolute atomic E-state index is 0.124. The van der Waals surface area contributed by atoms with Gasteiger partial charge >= 0.3 is 0 Å². The van der Waals surface area contributed by atoms with Crippen molar-refractivity contribution in [2.45, 2.75) is 18.9 Å². The highest BCUT2D eigenvalue weighted by molar-refractivity contribution is 7.07. The molecule has 0 radical (unpaired) electrons. The van der Waals surface area contributed by atoms with Crippen molar-refractivity contribution in [1.29, 1.82) is 0 Å². The zero-order chi connectivity index (χ0) is 13.1. The summed E-state index contributed by atoms with van der Waals surface area (Å²) in [6.45, 7) is 1.75. The van der Waals surface area contributed by atoms with Gasteiger partial charge in [0.2, 0.25) is 0 Å². The number of fused-ring (bicyclic) bond motifs is 1. The summed E-state index contributed by atoms with van der Waals surface area (Å²) in [7, 11) is 0. The van der Waals surface area contributed by atoms with Crippen LogP contribution in [0.3, 0.4) is 0 Å². The minimum Gasteiger partial charge on any atom is -0.488 e. The largest absolute Gasteiger partial charge is 0.488 e. The molecule has 2 heterocycles. The summed E-state index contributed by atoms with van der Waals surface area (Å²) in [5.74, 6) is 0.638. The summed E-state index contributed by atoms with van der Waals surface area (Å²) < 4.78 is 18.9. The van der Waals surface area contributed by atoms with Crippen LogP contribution >= 0.6 is 11.3 Å². The molecule has 0 fully saturated rings. The maximum Gasteiger partial charge on any atom is 0.123 e. The smallest absolute Gasteiger partial charge is 0.123 e. The Morgan fingerprint density at radius 3 is 3.16 bits per heavy atom. The van der Waals surface area contributed by atoms with Gasteiger partial charge in [0.05, 0.1) is 0 Å². The predicted octanol–water partition coefficient (Wildman–Crippen LogP) is 3.02. The fourth-order valence-electron chi connectivity index (χ4n) is 2.33. The Hall–Kier alpha value is -1.39. The molecule has 1 aliphatic rings. The molecule has 3 rings (SSSR count). The Bertz CT molecular complexity index is 541. The molecule has 1 N–H and O–H groups in total. The van der Waals surface area contributed by atoms with Crippen LogP contribution in [0.2, 0.25) is 0 Å². The summed E-state index contributed by atoms with van der Waals surface area (Å²) in [6.07, 6.45) is 1.95. The van der Waals surface area contributed by atoms with Gasteiger partial charge in [-0.1, -0.05) is 0 Å². The van der Waals surface area contributed by atoms with Crippen LogP contribution in [0.1, 0.15) is 11.1 Å². The molecule has 2 nitrogen and oxygen atoms in total. The van der Waals surface area contributed by atoms with Gasteiger partial charge in [0.15, 0.2) is 0 Å². The molecule has 0 spiro atoms. The maximum absolute atomic E-state index is 13.1. The number of hydrogen-bond donors (Lipinski definition) is 1. The normalized spacial score (nSPS) is 17.2. The van der Waals surface area contributed by atoms with E-state index in [4.69, 9.17) is 4.74 Å². The van der Waals surface area contributed by atoms with Gasteiger partial charge in [-0.05, 0) is 53.6 Å². The van der Waals surface area contributed by atoms with Crippen LogP contribution in [-0.2, 0) is 12.8 Å². The van der Waals surface area contributed by atoms with Crippen molar-refractivity contribution >= 4 is 11.3 Å². The van der Waals surface area contributed by atoms with Crippen LogP contribution in [0.4, 0.5) is 4.39 Å². The number of halogens is 1. The van der Waals surface area contributed by atoms with Gasteiger partial charge in [0.25, 0.3) is 0 Å². The number of thiophene rings is 1. The Kier molecular flexibility index (Phi) is 3.80.